The smallest absolute Gasteiger partial charge is 0.319 e. The highest BCUT2D eigenvalue weighted by Crippen LogP contribution is 1.93. The lowest BCUT2D eigenvalue weighted by molar-refractivity contribution is -0.139. The first kappa shape index (κ1) is 10.7. The molecule has 0 radical (unpaired) electrons. The Hall–Kier alpha value is -1.36. The number of hydrogen-bond donors (Lipinski definition) is 1. The molecule has 1 aromatic rings. The van der Waals surface area contributed by atoms with Gasteiger partial charge in [-0.2, -0.15) is 5.10 Å². The van der Waals surface area contributed by atoms with Gasteiger partial charge < -0.3 is 10.1 Å². The molecule has 0 atom stereocenters. The van der Waals surface area contributed by atoms with Crippen LogP contribution in [0.5, 0.6) is 0 Å². The molecule has 1 N–H and O–H groups in total. The molecule has 0 spiro atoms. The molecule has 0 saturated carbocycles. The fourth-order valence-corrected chi connectivity index (χ4v) is 1.08. The van der Waals surface area contributed by atoms with Crippen LogP contribution in [0, 0.1) is 0 Å². The minimum Gasteiger partial charge on any atom is -0.468 e. The van der Waals surface area contributed by atoms with E-state index >= 15 is 0 Å². The summed E-state index contributed by atoms with van der Waals surface area (Å²) in [5.74, 6) is -0.244. The maximum atomic E-state index is 10.7. The van der Waals surface area contributed by atoms with Crippen LogP contribution < -0.4 is 5.32 Å². The van der Waals surface area contributed by atoms with Gasteiger partial charge in [0.15, 0.2) is 0 Å². The Bertz CT molecular complexity index is 296. The molecule has 0 bridgehead atoms. The van der Waals surface area contributed by atoms with E-state index in [-0.39, 0.29) is 12.5 Å². The maximum absolute atomic E-state index is 10.7. The van der Waals surface area contributed by atoms with Gasteiger partial charge in [-0.15, -0.1) is 0 Å². The molecule has 1 heterocycles. The summed E-state index contributed by atoms with van der Waals surface area (Å²) in [7, 11) is 3.26. The van der Waals surface area contributed by atoms with E-state index in [1.54, 1.807) is 4.68 Å². The van der Waals surface area contributed by atoms with E-state index in [9.17, 15) is 4.79 Å². The van der Waals surface area contributed by atoms with Gasteiger partial charge in [0.05, 0.1) is 19.3 Å². The summed E-state index contributed by atoms with van der Waals surface area (Å²) in [6, 6.07) is 1.96. The third-order valence-electron chi connectivity index (χ3n) is 1.82. The van der Waals surface area contributed by atoms with E-state index in [4.69, 9.17) is 0 Å². The molecule has 0 fully saturated rings. The number of aryl methyl sites for hydroxylation is 1. The van der Waals surface area contributed by atoms with Crippen molar-refractivity contribution in [2.75, 3.05) is 20.2 Å². The van der Waals surface area contributed by atoms with Gasteiger partial charge in [-0.05, 0) is 6.07 Å². The molecule has 5 heteroatoms. The zero-order valence-corrected chi connectivity index (χ0v) is 8.49. The lowest BCUT2D eigenvalue weighted by Gasteiger charge is -2.01. The first-order chi connectivity index (χ1) is 6.72. The molecule has 14 heavy (non-hydrogen) atoms. The van der Waals surface area contributed by atoms with Crippen LogP contribution in [0.4, 0.5) is 0 Å². The Balaban J connectivity index is 2.13. The quantitative estimate of drug-likeness (QED) is 0.521. The van der Waals surface area contributed by atoms with Crippen LogP contribution in [-0.4, -0.2) is 35.9 Å². The Morgan fingerprint density at radius 3 is 3.07 bits per heavy atom. The molecule has 0 aliphatic heterocycles. The van der Waals surface area contributed by atoms with E-state index < -0.39 is 0 Å². The highest BCUT2D eigenvalue weighted by atomic mass is 16.5. The van der Waals surface area contributed by atoms with Gasteiger partial charge >= 0.3 is 5.97 Å². The standard InChI is InChI=1S/C9H15N3O2/c1-12-6-4-8(11-12)3-5-10-7-9(13)14-2/h4,6,10H,3,5,7H2,1-2H3. The summed E-state index contributed by atoms with van der Waals surface area (Å²) in [4.78, 5) is 10.7. The number of carbonyl (C=O) groups excluding carboxylic acids is 1. The Morgan fingerprint density at radius 2 is 2.50 bits per heavy atom. The fourth-order valence-electron chi connectivity index (χ4n) is 1.08. The largest absolute Gasteiger partial charge is 0.468 e. The Labute approximate surface area is 83.1 Å². The van der Waals surface area contributed by atoms with Gasteiger partial charge in [0, 0.05) is 26.2 Å². The normalized spacial score (nSPS) is 10.1. The SMILES string of the molecule is COC(=O)CNCCc1ccn(C)n1. The molecule has 5 nitrogen and oxygen atoms in total. The van der Waals surface area contributed by atoms with Crippen LogP contribution in [0.25, 0.3) is 0 Å². The van der Waals surface area contributed by atoms with Crippen LogP contribution in [0.3, 0.4) is 0 Å². The number of nitrogens with zero attached hydrogens (tertiary/aromatic N) is 2. The highest BCUT2D eigenvalue weighted by molar-refractivity contribution is 5.71. The predicted molar refractivity (Wildman–Crippen MR) is 51.8 cm³/mol. The van der Waals surface area contributed by atoms with Gasteiger partial charge in [0.2, 0.25) is 0 Å². The summed E-state index contributed by atoms with van der Waals surface area (Å²) in [6.45, 7) is 0.982. The second-order valence-corrected chi connectivity index (χ2v) is 2.98. The molecular formula is C9H15N3O2. The lowest BCUT2D eigenvalue weighted by Crippen LogP contribution is -2.25. The van der Waals surface area contributed by atoms with E-state index in [0.29, 0.717) is 0 Å². The van der Waals surface area contributed by atoms with E-state index in [1.165, 1.54) is 7.11 Å². The van der Waals surface area contributed by atoms with Gasteiger partial charge in [-0.3, -0.25) is 9.48 Å². The molecule has 0 aliphatic carbocycles. The van der Waals surface area contributed by atoms with Crippen molar-refractivity contribution in [2.24, 2.45) is 7.05 Å². The number of hydrogen-bond acceptors (Lipinski definition) is 4. The molecule has 0 unspecified atom stereocenters. The monoisotopic (exact) mass is 197 g/mol. The summed E-state index contributed by atoms with van der Waals surface area (Å²) >= 11 is 0. The van der Waals surface area contributed by atoms with Gasteiger partial charge in [0.25, 0.3) is 0 Å². The van der Waals surface area contributed by atoms with Crippen molar-refractivity contribution < 1.29 is 9.53 Å². The second kappa shape index (κ2) is 5.39. The van der Waals surface area contributed by atoms with Gasteiger partial charge in [-0.1, -0.05) is 0 Å². The summed E-state index contributed by atoms with van der Waals surface area (Å²) in [6.07, 6.45) is 2.72. The molecule has 1 rings (SSSR count). The molecule has 0 amide bonds. The van der Waals surface area contributed by atoms with Crippen LogP contribution in [0.15, 0.2) is 12.3 Å². The van der Waals surface area contributed by atoms with Crippen LogP contribution in [-0.2, 0) is 23.0 Å². The van der Waals surface area contributed by atoms with Crippen molar-refractivity contribution in [2.45, 2.75) is 6.42 Å². The van der Waals surface area contributed by atoms with Crippen LogP contribution >= 0.6 is 0 Å². The van der Waals surface area contributed by atoms with Crippen molar-refractivity contribution in [3.63, 3.8) is 0 Å². The van der Waals surface area contributed by atoms with E-state index in [1.807, 2.05) is 19.3 Å². The Morgan fingerprint density at radius 1 is 1.71 bits per heavy atom. The summed E-state index contributed by atoms with van der Waals surface area (Å²) in [5.41, 5.74) is 1.02. The number of methoxy groups -OCH3 is 1. The summed E-state index contributed by atoms with van der Waals surface area (Å²) < 4.78 is 6.24. The van der Waals surface area contributed by atoms with Crippen molar-refractivity contribution in [3.8, 4) is 0 Å². The predicted octanol–water partition coefficient (Wildman–Crippen LogP) is -0.275. The molecule has 0 aliphatic rings. The van der Waals surface area contributed by atoms with Crippen molar-refractivity contribution >= 4 is 5.97 Å². The van der Waals surface area contributed by atoms with Gasteiger partial charge in [0.1, 0.15) is 0 Å². The molecular weight excluding hydrogens is 182 g/mol. The first-order valence-corrected chi connectivity index (χ1v) is 4.48. The molecule has 1 aromatic heterocycles. The molecule has 78 valence electrons. The number of esters is 1. The minimum atomic E-state index is -0.244. The van der Waals surface area contributed by atoms with Crippen LogP contribution in [0.2, 0.25) is 0 Å². The zero-order chi connectivity index (χ0) is 10.4. The zero-order valence-electron chi connectivity index (χ0n) is 8.49. The third-order valence-corrected chi connectivity index (χ3v) is 1.82. The number of aromatic nitrogens is 2. The molecule has 0 saturated heterocycles. The number of rotatable bonds is 5. The average molecular weight is 197 g/mol. The van der Waals surface area contributed by atoms with Crippen molar-refractivity contribution in [3.05, 3.63) is 18.0 Å². The average Bonchev–Trinajstić information content (AvgIpc) is 2.58. The number of carbonyl (C=O) groups is 1. The third kappa shape index (κ3) is 3.57. The number of ether oxygens (including phenoxy) is 1. The summed E-state index contributed by atoms with van der Waals surface area (Å²) in [5, 5.41) is 7.18. The highest BCUT2D eigenvalue weighted by Gasteiger charge is 1.99. The van der Waals surface area contributed by atoms with Crippen LogP contribution in [0.1, 0.15) is 5.69 Å². The first-order valence-electron chi connectivity index (χ1n) is 4.48. The molecule has 0 aromatic carbocycles. The number of nitrogens with one attached hydrogen (secondary N) is 1. The van der Waals surface area contributed by atoms with E-state index in [0.717, 1.165) is 18.7 Å². The minimum absolute atomic E-state index is 0.244. The second-order valence-electron chi connectivity index (χ2n) is 2.98. The van der Waals surface area contributed by atoms with E-state index in [2.05, 4.69) is 15.2 Å². The topological polar surface area (TPSA) is 56.1 Å². The van der Waals surface area contributed by atoms with Crippen molar-refractivity contribution in [1.29, 1.82) is 0 Å². The maximum Gasteiger partial charge on any atom is 0.319 e. The van der Waals surface area contributed by atoms with Gasteiger partial charge in [-0.25, -0.2) is 0 Å². The fraction of sp³-hybridized carbons (Fsp3) is 0.556. The Kier molecular flexibility index (Phi) is 4.12. The lowest BCUT2D eigenvalue weighted by atomic mass is 10.3. The van der Waals surface area contributed by atoms with Crippen molar-refractivity contribution in [1.82, 2.24) is 15.1 Å².